The van der Waals surface area contributed by atoms with Gasteiger partial charge >= 0.3 is 6.85 Å². The minimum Gasteiger partial charge on any atom is -0.376 e. The predicted octanol–water partition coefficient (Wildman–Crippen LogP) is 16.3. The lowest BCUT2D eigenvalue weighted by atomic mass is 9.43. The highest BCUT2D eigenvalue weighted by Crippen LogP contribution is 2.55. The van der Waals surface area contributed by atoms with Gasteiger partial charge in [0.2, 0.25) is 0 Å². The van der Waals surface area contributed by atoms with E-state index >= 15 is 0 Å². The zero-order valence-corrected chi connectivity index (χ0v) is 39.9. The van der Waals surface area contributed by atoms with Gasteiger partial charge in [0.15, 0.2) is 0 Å². The van der Waals surface area contributed by atoms with Crippen molar-refractivity contribution in [2.75, 3.05) is 4.81 Å². The van der Waals surface area contributed by atoms with Crippen LogP contribution in [0.4, 0.5) is 11.4 Å². The van der Waals surface area contributed by atoms with Crippen molar-refractivity contribution in [2.45, 2.75) is 84.5 Å². The molecule has 0 N–H and O–H groups in total. The van der Waals surface area contributed by atoms with Gasteiger partial charge in [-0.2, -0.15) is 0 Å². The molecule has 10 aromatic rings. The summed E-state index contributed by atoms with van der Waals surface area (Å²) in [6, 6.07) is 68.2. The minimum atomic E-state index is -0.149. The highest BCUT2D eigenvalue weighted by Gasteiger charge is 2.47. The van der Waals surface area contributed by atoms with Crippen LogP contribution < -0.4 is 15.7 Å². The molecule has 1 aliphatic carbocycles. The standard InChI is InChI=1S/C65H57BN2/c1-5-7-10-20-42-30-34-46(35-31-42)68-60-41-57-52(50-28-18-19-29-56(50)65(57,3)4)39-53(60)55-40-54(49-27-17-16-25-47(49)44-22-12-9-13-23-44)61-51-36-33-45-24-14-15-26-48(45)63(51)67-59-37-32-43(21-11-8-6-2)38-58(59)66(68)62(55)64(61)67/h9,12-19,22-41H,5-8,10-11,20-21H2,1-4H3. The molecule has 3 heteroatoms. The van der Waals surface area contributed by atoms with Crippen LogP contribution in [0.3, 0.4) is 0 Å². The molecule has 2 aliphatic heterocycles. The molecule has 0 radical (unpaired) electrons. The van der Waals surface area contributed by atoms with Crippen LogP contribution in [-0.4, -0.2) is 11.4 Å². The molecule has 0 bridgehead atoms. The van der Waals surface area contributed by atoms with Gasteiger partial charge in [-0.3, -0.25) is 0 Å². The molecular weight excluding hydrogens is 820 g/mol. The van der Waals surface area contributed by atoms with E-state index in [2.05, 4.69) is 213 Å². The molecule has 0 saturated carbocycles. The fraction of sp³-hybridized carbons (Fsp3) is 0.200. The summed E-state index contributed by atoms with van der Waals surface area (Å²) in [6.45, 7) is 9.41. The SMILES string of the molecule is CCCCCc1ccc(N2B3c4cc(CCCCC)ccc4-n4c5c3c(cc(-c3ccccc3-c3ccccc3)c5c3ccc5ccccc5c34)-c3cc4c(cc32)C(C)(C)c2ccccc2-4)cc1. The number of rotatable bonds is 11. The Morgan fingerprint density at radius 2 is 1.13 bits per heavy atom. The van der Waals surface area contributed by atoms with Crippen molar-refractivity contribution in [2.24, 2.45) is 0 Å². The van der Waals surface area contributed by atoms with Crippen LogP contribution in [0, 0.1) is 0 Å². The van der Waals surface area contributed by atoms with Gasteiger partial charge in [0, 0.05) is 44.2 Å². The predicted molar refractivity (Wildman–Crippen MR) is 292 cm³/mol. The van der Waals surface area contributed by atoms with E-state index in [-0.39, 0.29) is 12.3 Å². The van der Waals surface area contributed by atoms with Gasteiger partial charge in [-0.25, -0.2) is 0 Å². The van der Waals surface area contributed by atoms with E-state index in [1.807, 2.05) is 0 Å². The summed E-state index contributed by atoms with van der Waals surface area (Å²) < 4.78 is 2.70. The van der Waals surface area contributed by atoms with Crippen molar-refractivity contribution in [1.82, 2.24) is 4.57 Å². The van der Waals surface area contributed by atoms with Crippen molar-refractivity contribution in [1.29, 1.82) is 0 Å². The highest BCUT2D eigenvalue weighted by atomic mass is 15.1. The van der Waals surface area contributed by atoms with Gasteiger partial charge in [0.1, 0.15) is 0 Å². The average Bonchev–Trinajstić information content (AvgIpc) is 3.85. The lowest BCUT2D eigenvalue weighted by molar-refractivity contribution is 0.660. The number of benzene rings is 9. The second-order valence-corrected chi connectivity index (χ2v) is 20.4. The highest BCUT2D eigenvalue weighted by molar-refractivity contribution is 6.93. The second-order valence-electron chi connectivity index (χ2n) is 20.4. The molecule has 0 atom stereocenters. The third-order valence-electron chi connectivity index (χ3n) is 16.0. The normalized spacial score (nSPS) is 13.8. The minimum absolute atomic E-state index is 0.0569. The number of unbranched alkanes of at least 4 members (excludes halogenated alkanes) is 4. The van der Waals surface area contributed by atoms with Crippen LogP contribution in [0.1, 0.15) is 88.5 Å². The topological polar surface area (TPSA) is 8.17 Å². The Labute approximate surface area is 402 Å². The van der Waals surface area contributed by atoms with Crippen LogP contribution in [0.15, 0.2) is 176 Å². The van der Waals surface area contributed by atoms with Gasteiger partial charge in [-0.05, 0) is 140 Å². The number of aryl methyl sites for hydroxylation is 2. The third kappa shape index (κ3) is 6.10. The first-order valence-electron chi connectivity index (χ1n) is 25.4. The van der Waals surface area contributed by atoms with E-state index in [0.29, 0.717) is 0 Å². The Hall–Kier alpha value is -7.10. The van der Waals surface area contributed by atoms with Crippen LogP contribution >= 0.6 is 0 Å². The van der Waals surface area contributed by atoms with Gasteiger partial charge in [0.05, 0.1) is 11.0 Å². The van der Waals surface area contributed by atoms with Crippen LogP contribution in [-0.2, 0) is 18.3 Å². The fourth-order valence-electron chi connectivity index (χ4n) is 12.7. The lowest BCUT2D eigenvalue weighted by Gasteiger charge is -2.43. The summed E-state index contributed by atoms with van der Waals surface area (Å²) in [5.41, 5.74) is 25.1. The molecule has 3 aliphatic rings. The first kappa shape index (κ1) is 41.1. The van der Waals surface area contributed by atoms with Crippen molar-refractivity contribution < 1.29 is 0 Å². The Balaban J connectivity index is 1.20. The number of anilines is 2. The average molecular weight is 877 g/mol. The maximum absolute atomic E-state index is 2.76. The smallest absolute Gasteiger partial charge is 0.333 e. The lowest BCUT2D eigenvalue weighted by Crippen LogP contribution is -2.60. The summed E-state index contributed by atoms with van der Waals surface area (Å²) >= 11 is 0. The zero-order chi connectivity index (χ0) is 45.7. The summed E-state index contributed by atoms with van der Waals surface area (Å²) in [6.07, 6.45) is 9.56. The first-order valence-corrected chi connectivity index (χ1v) is 25.4. The Morgan fingerprint density at radius 3 is 1.93 bits per heavy atom. The molecule has 13 rings (SSSR count). The first-order chi connectivity index (χ1) is 33.4. The summed E-state index contributed by atoms with van der Waals surface area (Å²) in [7, 11) is 0. The Kier molecular flexibility index (Phi) is 9.69. The third-order valence-corrected chi connectivity index (χ3v) is 16.0. The quantitative estimate of drug-likeness (QED) is 0.0928. The van der Waals surface area contributed by atoms with Gasteiger partial charge in [-0.1, -0.05) is 193 Å². The molecule has 1 aromatic heterocycles. The molecule has 0 fully saturated rings. The molecule has 9 aromatic carbocycles. The molecule has 0 spiro atoms. The van der Waals surface area contributed by atoms with Crippen molar-refractivity contribution >= 4 is 61.7 Å². The van der Waals surface area contributed by atoms with Crippen molar-refractivity contribution in [3.8, 4) is 50.2 Å². The van der Waals surface area contributed by atoms with E-state index in [1.54, 1.807) is 0 Å². The summed E-state index contributed by atoms with van der Waals surface area (Å²) in [5.74, 6) is 0. The zero-order valence-electron chi connectivity index (χ0n) is 39.9. The van der Waals surface area contributed by atoms with Gasteiger partial charge < -0.3 is 9.38 Å². The summed E-state index contributed by atoms with van der Waals surface area (Å²) in [4.78, 5) is 2.76. The maximum atomic E-state index is 2.76. The van der Waals surface area contributed by atoms with E-state index < -0.39 is 0 Å². The maximum Gasteiger partial charge on any atom is 0.333 e. The number of hydrogen-bond acceptors (Lipinski definition) is 1. The largest absolute Gasteiger partial charge is 0.376 e. The molecule has 68 heavy (non-hydrogen) atoms. The van der Waals surface area contributed by atoms with Crippen LogP contribution in [0.2, 0.25) is 0 Å². The molecule has 0 amide bonds. The van der Waals surface area contributed by atoms with Crippen LogP contribution in [0.25, 0.3) is 82.8 Å². The number of nitrogens with zero attached hydrogens (tertiary/aromatic N) is 2. The molecule has 0 unspecified atom stereocenters. The Bertz CT molecular complexity index is 3630. The molecule has 0 saturated heterocycles. The fourth-order valence-corrected chi connectivity index (χ4v) is 12.7. The van der Waals surface area contributed by atoms with Gasteiger partial charge in [0.25, 0.3) is 0 Å². The second kappa shape index (κ2) is 16.0. The Morgan fingerprint density at radius 1 is 0.456 bits per heavy atom. The molecule has 330 valence electrons. The van der Waals surface area contributed by atoms with E-state index in [0.717, 1.165) is 12.8 Å². The molecule has 3 heterocycles. The van der Waals surface area contributed by atoms with Crippen molar-refractivity contribution in [3.63, 3.8) is 0 Å². The van der Waals surface area contributed by atoms with E-state index in [1.165, 1.54) is 166 Å². The summed E-state index contributed by atoms with van der Waals surface area (Å²) in [5, 5.41) is 5.19. The van der Waals surface area contributed by atoms with Gasteiger partial charge in [-0.15, -0.1) is 0 Å². The van der Waals surface area contributed by atoms with Crippen molar-refractivity contribution in [3.05, 3.63) is 198 Å². The van der Waals surface area contributed by atoms with E-state index in [9.17, 15) is 0 Å². The molecular formula is C65H57BN2. The van der Waals surface area contributed by atoms with E-state index in [4.69, 9.17) is 0 Å². The number of aromatic nitrogens is 1. The molecule has 2 nitrogen and oxygen atoms in total. The number of hydrogen-bond donors (Lipinski definition) is 0. The number of fused-ring (bicyclic) bond motifs is 13. The van der Waals surface area contributed by atoms with Crippen LogP contribution in [0.5, 0.6) is 0 Å². The monoisotopic (exact) mass is 876 g/mol.